The summed E-state index contributed by atoms with van der Waals surface area (Å²) in [6.07, 6.45) is 3.30. The molecule has 0 saturated carbocycles. The fourth-order valence-electron chi connectivity index (χ4n) is 1.67. The minimum absolute atomic E-state index is 0.178. The SMILES string of the molecule is CC(Br)c1ccccc1NC(=O)c1cn(C)cn1. The molecule has 1 unspecified atom stereocenters. The van der Waals surface area contributed by atoms with Crippen LogP contribution in [0.15, 0.2) is 36.8 Å². The van der Waals surface area contributed by atoms with Crippen molar-refractivity contribution in [1.82, 2.24) is 9.55 Å². The molecule has 0 aliphatic rings. The van der Waals surface area contributed by atoms with Gasteiger partial charge in [-0.1, -0.05) is 34.1 Å². The number of alkyl halides is 1. The number of hydrogen-bond acceptors (Lipinski definition) is 2. The molecule has 0 aliphatic carbocycles. The number of carbonyl (C=O) groups is 1. The number of aromatic nitrogens is 2. The smallest absolute Gasteiger partial charge is 0.275 e. The molecule has 2 rings (SSSR count). The Morgan fingerprint density at radius 3 is 2.78 bits per heavy atom. The fraction of sp³-hybridized carbons (Fsp3) is 0.231. The second kappa shape index (κ2) is 5.35. The summed E-state index contributed by atoms with van der Waals surface area (Å²) >= 11 is 3.51. The average Bonchev–Trinajstić information content (AvgIpc) is 2.76. The Kier molecular flexibility index (Phi) is 3.81. The van der Waals surface area contributed by atoms with Crippen molar-refractivity contribution in [3.63, 3.8) is 0 Å². The van der Waals surface area contributed by atoms with Crippen molar-refractivity contribution in [3.05, 3.63) is 48.0 Å². The summed E-state index contributed by atoms with van der Waals surface area (Å²) in [5.74, 6) is -0.198. The summed E-state index contributed by atoms with van der Waals surface area (Å²) in [5.41, 5.74) is 2.26. The molecule has 5 heteroatoms. The van der Waals surface area contributed by atoms with Crippen LogP contribution in [0.2, 0.25) is 0 Å². The van der Waals surface area contributed by atoms with E-state index in [2.05, 4.69) is 26.2 Å². The van der Waals surface area contributed by atoms with Gasteiger partial charge in [-0.05, 0) is 18.6 Å². The zero-order chi connectivity index (χ0) is 13.1. The molecule has 4 nitrogen and oxygen atoms in total. The Bertz CT molecular complexity index is 563. The summed E-state index contributed by atoms with van der Waals surface area (Å²) < 4.78 is 1.74. The highest BCUT2D eigenvalue weighted by Crippen LogP contribution is 2.28. The van der Waals surface area contributed by atoms with Gasteiger partial charge in [0.2, 0.25) is 0 Å². The van der Waals surface area contributed by atoms with E-state index in [-0.39, 0.29) is 10.7 Å². The second-order valence-corrected chi connectivity index (χ2v) is 5.46. The van der Waals surface area contributed by atoms with E-state index in [4.69, 9.17) is 0 Å². The Hall–Kier alpha value is -1.62. The molecule has 0 saturated heterocycles. The van der Waals surface area contributed by atoms with Gasteiger partial charge in [-0.25, -0.2) is 4.98 Å². The standard InChI is InChI=1S/C13H14BrN3O/c1-9(14)10-5-3-4-6-11(10)16-13(18)12-7-17(2)8-15-12/h3-9H,1-2H3,(H,16,18). The number of halogens is 1. The fourth-order valence-corrected chi connectivity index (χ4v) is 2.07. The highest BCUT2D eigenvalue weighted by molar-refractivity contribution is 9.09. The third-order valence-corrected chi connectivity index (χ3v) is 3.07. The Labute approximate surface area is 114 Å². The number of aryl methyl sites for hydroxylation is 1. The first-order valence-corrected chi connectivity index (χ1v) is 6.52. The van der Waals surface area contributed by atoms with Crippen molar-refractivity contribution in [2.75, 3.05) is 5.32 Å². The molecule has 0 aliphatic heterocycles. The first kappa shape index (κ1) is 12.8. The summed E-state index contributed by atoms with van der Waals surface area (Å²) in [6, 6.07) is 7.71. The van der Waals surface area contributed by atoms with Crippen LogP contribution in [0.1, 0.15) is 27.8 Å². The van der Waals surface area contributed by atoms with Crippen LogP contribution >= 0.6 is 15.9 Å². The third-order valence-electron chi connectivity index (χ3n) is 2.58. The number of imidazole rings is 1. The predicted octanol–water partition coefficient (Wildman–Crippen LogP) is 3.13. The summed E-state index contributed by atoms with van der Waals surface area (Å²) in [7, 11) is 1.83. The van der Waals surface area contributed by atoms with Crippen LogP contribution in [0.4, 0.5) is 5.69 Å². The number of anilines is 1. The van der Waals surface area contributed by atoms with Crippen LogP contribution in [0.25, 0.3) is 0 Å². The van der Waals surface area contributed by atoms with E-state index in [1.165, 1.54) is 0 Å². The molecule has 18 heavy (non-hydrogen) atoms. The van der Waals surface area contributed by atoms with E-state index in [9.17, 15) is 4.79 Å². The normalized spacial score (nSPS) is 12.2. The quantitative estimate of drug-likeness (QED) is 0.886. The van der Waals surface area contributed by atoms with Crippen LogP contribution in [-0.2, 0) is 7.05 Å². The zero-order valence-electron chi connectivity index (χ0n) is 10.2. The number of para-hydroxylation sites is 1. The molecule has 1 N–H and O–H groups in total. The van der Waals surface area contributed by atoms with Crippen molar-refractivity contribution >= 4 is 27.5 Å². The van der Waals surface area contributed by atoms with E-state index >= 15 is 0 Å². The van der Waals surface area contributed by atoms with Crippen molar-refractivity contribution in [1.29, 1.82) is 0 Å². The topological polar surface area (TPSA) is 46.9 Å². The van der Waals surface area contributed by atoms with Crippen LogP contribution in [0.5, 0.6) is 0 Å². The van der Waals surface area contributed by atoms with Crippen molar-refractivity contribution in [2.45, 2.75) is 11.8 Å². The Morgan fingerprint density at radius 1 is 1.44 bits per heavy atom. The van der Waals surface area contributed by atoms with Gasteiger partial charge in [-0.15, -0.1) is 0 Å². The van der Waals surface area contributed by atoms with E-state index in [0.29, 0.717) is 5.69 Å². The molecule has 0 radical (unpaired) electrons. The average molecular weight is 308 g/mol. The lowest BCUT2D eigenvalue weighted by Gasteiger charge is -2.11. The molecule has 0 bridgehead atoms. The molecule has 1 aromatic carbocycles. The van der Waals surface area contributed by atoms with Crippen molar-refractivity contribution in [3.8, 4) is 0 Å². The maximum absolute atomic E-state index is 12.0. The minimum Gasteiger partial charge on any atom is -0.340 e. The lowest BCUT2D eigenvalue weighted by molar-refractivity contribution is 0.102. The van der Waals surface area contributed by atoms with Gasteiger partial charge < -0.3 is 9.88 Å². The van der Waals surface area contributed by atoms with Gasteiger partial charge in [0, 0.05) is 23.8 Å². The molecule has 1 heterocycles. The largest absolute Gasteiger partial charge is 0.340 e. The first-order chi connectivity index (χ1) is 8.58. The van der Waals surface area contributed by atoms with Gasteiger partial charge in [-0.3, -0.25) is 4.79 Å². The molecule has 1 atom stereocenters. The minimum atomic E-state index is -0.198. The van der Waals surface area contributed by atoms with Crippen LogP contribution in [0.3, 0.4) is 0 Å². The van der Waals surface area contributed by atoms with Crippen molar-refractivity contribution < 1.29 is 4.79 Å². The molecule has 2 aromatic rings. The van der Waals surface area contributed by atoms with E-state index in [1.54, 1.807) is 17.1 Å². The molecular formula is C13H14BrN3O. The number of nitrogens with one attached hydrogen (secondary N) is 1. The second-order valence-electron chi connectivity index (χ2n) is 4.08. The van der Waals surface area contributed by atoms with E-state index < -0.39 is 0 Å². The van der Waals surface area contributed by atoms with E-state index in [0.717, 1.165) is 11.3 Å². The summed E-state index contributed by atoms with van der Waals surface area (Å²) in [5, 5.41) is 2.88. The Morgan fingerprint density at radius 2 is 2.17 bits per heavy atom. The number of rotatable bonds is 3. The lowest BCUT2D eigenvalue weighted by atomic mass is 10.1. The molecular weight excluding hydrogens is 294 g/mol. The van der Waals surface area contributed by atoms with Gasteiger partial charge in [0.15, 0.2) is 0 Å². The van der Waals surface area contributed by atoms with Gasteiger partial charge in [0.05, 0.1) is 6.33 Å². The van der Waals surface area contributed by atoms with Crippen LogP contribution < -0.4 is 5.32 Å². The molecule has 1 aromatic heterocycles. The highest BCUT2D eigenvalue weighted by atomic mass is 79.9. The maximum Gasteiger partial charge on any atom is 0.275 e. The monoisotopic (exact) mass is 307 g/mol. The van der Waals surface area contributed by atoms with Gasteiger partial charge in [-0.2, -0.15) is 0 Å². The van der Waals surface area contributed by atoms with Crippen LogP contribution in [0, 0.1) is 0 Å². The number of benzene rings is 1. The van der Waals surface area contributed by atoms with Gasteiger partial charge in [0.25, 0.3) is 5.91 Å². The van der Waals surface area contributed by atoms with Crippen molar-refractivity contribution in [2.24, 2.45) is 7.05 Å². The van der Waals surface area contributed by atoms with Gasteiger partial charge >= 0.3 is 0 Å². The Balaban J connectivity index is 2.22. The number of hydrogen-bond donors (Lipinski definition) is 1. The van der Waals surface area contributed by atoms with Gasteiger partial charge in [0.1, 0.15) is 5.69 Å². The number of nitrogens with zero attached hydrogens (tertiary/aromatic N) is 2. The highest BCUT2D eigenvalue weighted by Gasteiger charge is 2.12. The van der Waals surface area contributed by atoms with E-state index in [1.807, 2.05) is 38.2 Å². The predicted molar refractivity (Wildman–Crippen MR) is 74.9 cm³/mol. The number of amides is 1. The maximum atomic E-state index is 12.0. The molecule has 1 amide bonds. The first-order valence-electron chi connectivity index (χ1n) is 5.60. The summed E-state index contributed by atoms with van der Waals surface area (Å²) in [4.78, 5) is 16.2. The lowest BCUT2D eigenvalue weighted by Crippen LogP contribution is -2.13. The number of carbonyl (C=O) groups excluding carboxylic acids is 1. The third kappa shape index (κ3) is 2.79. The summed E-state index contributed by atoms with van der Waals surface area (Å²) in [6.45, 7) is 2.02. The molecule has 0 fully saturated rings. The zero-order valence-corrected chi connectivity index (χ0v) is 11.8. The molecule has 94 valence electrons. The van der Waals surface area contributed by atoms with Crippen LogP contribution in [-0.4, -0.2) is 15.5 Å². The molecule has 0 spiro atoms.